The molecule has 0 aliphatic rings. The first-order chi connectivity index (χ1) is 4.99. The number of nitrogens with one attached hydrogen (secondary N) is 1. The van der Waals surface area contributed by atoms with Crippen LogP contribution in [-0.4, -0.2) is 47.2 Å². The third kappa shape index (κ3) is 6.11. The van der Waals surface area contributed by atoms with Crippen LogP contribution in [0.5, 0.6) is 0 Å². The largest absolute Gasteiger partial charge is 0.395 e. The molecule has 0 aliphatic heterocycles. The topological polar surface area (TPSA) is 72.7 Å². The van der Waals surface area contributed by atoms with Crippen molar-refractivity contribution in [1.29, 1.82) is 0 Å². The predicted molar refractivity (Wildman–Crippen MR) is 33.1 cm³/mol. The lowest BCUT2D eigenvalue weighted by Gasteiger charge is -2.15. The Kier molecular flexibility index (Phi) is 4.43. The van der Waals surface area contributed by atoms with Crippen LogP contribution in [0, 0.1) is 0 Å². The average Bonchev–Trinajstić information content (AvgIpc) is 1.88. The molecule has 6 heteroatoms. The van der Waals surface area contributed by atoms with E-state index in [0.717, 1.165) is 0 Å². The van der Waals surface area contributed by atoms with Crippen LogP contribution in [0.3, 0.4) is 0 Å². The van der Waals surface area contributed by atoms with Crippen molar-refractivity contribution in [2.45, 2.75) is 12.2 Å². The molecule has 0 heterocycles. The lowest BCUT2D eigenvalue weighted by molar-refractivity contribution is -0.195. The molecule has 0 aromatic carbocycles. The van der Waals surface area contributed by atoms with Crippen LogP contribution in [0.1, 0.15) is 0 Å². The Hall–Kier alpha value is -0.300. The summed E-state index contributed by atoms with van der Waals surface area (Å²) in [5, 5.41) is 26.7. The number of hydrogen-bond acceptors (Lipinski definition) is 4. The van der Waals surface area contributed by atoms with Gasteiger partial charge in [0.15, 0.2) is 0 Å². The maximum Gasteiger partial charge on any atom is 0.365 e. The normalized spacial score (nSPS) is 12.5. The van der Waals surface area contributed by atoms with E-state index < -0.39 is 31.9 Å². The summed E-state index contributed by atoms with van der Waals surface area (Å²) in [5.74, 6) is 0. The molecule has 0 unspecified atom stereocenters. The molecule has 0 saturated carbocycles. The first-order valence-electron chi connectivity index (χ1n) is 3.05. The number of halogens is 2. The van der Waals surface area contributed by atoms with E-state index in [1.165, 1.54) is 0 Å². The number of rotatable bonds is 5. The van der Waals surface area contributed by atoms with Crippen molar-refractivity contribution < 1.29 is 24.1 Å². The van der Waals surface area contributed by atoms with Crippen molar-refractivity contribution in [2.75, 3.05) is 19.8 Å². The second kappa shape index (κ2) is 4.55. The Balaban J connectivity index is 3.51. The highest BCUT2D eigenvalue weighted by Crippen LogP contribution is 2.05. The van der Waals surface area contributed by atoms with Gasteiger partial charge in [-0.1, -0.05) is 0 Å². The van der Waals surface area contributed by atoms with E-state index >= 15 is 0 Å². The summed E-state index contributed by atoms with van der Waals surface area (Å²) in [6.45, 7) is -1.88. The van der Waals surface area contributed by atoms with Crippen molar-refractivity contribution in [1.82, 2.24) is 5.32 Å². The van der Waals surface area contributed by atoms with Gasteiger partial charge in [-0.05, 0) is 0 Å². The first-order valence-corrected chi connectivity index (χ1v) is 3.05. The van der Waals surface area contributed by atoms with Crippen molar-refractivity contribution >= 4 is 0 Å². The zero-order valence-electron chi connectivity index (χ0n) is 5.80. The molecule has 0 aromatic rings. The van der Waals surface area contributed by atoms with Crippen LogP contribution in [0.15, 0.2) is 0 Å². The monoisotopic (exact) mass is 171 g/mol. The van der Waals surface area contributed by atoms with Crippen LogP contribution in [-0.2, 0) is 0 Å². The molecule has 0 rings (SSSR count). The number of aliphatic hydroxyl groups excluding tert-OH is 2. The Bertz CT molecular complexity index is 102. The fourth-order valence-corrected chi connectivity index (χ4v) is 0.454. The average molecular weight is 171 g/mol. The number of aliphatic hydroxyl groups is 3. The highest BCUT2D eigenvalue weighted by molar-refractivity contribution is 4.65. The van der Waals surface area contributed by atoms with E-state index in [1.807, 2.05) is 0 Å². The van der Waals surface area contributed by atoms with E-state index in [2.05, 4.69) is 5.32 Å². The van der Waals surface area contributed by atoms with Crippen LogP contribution in [0.25, 0.3) is 0 Å². The Labute approximate surface area is 62.5 Å². The molecule has 0 aliphatic carbocycles. The van der Waals surface area contributed by atoms with Crippen molar-refractivity contribution in [3.63, 3.8) is 0 Å². The maximum atomic E-state index is 11.7. The van der Waals surface area contributed by atoms with Gasteiger partial charge in [-0.25, -0.2) is 0 Å². The van der Waals surface area contributed by atoms with Crippen molar-refractivity contribution in [3.05, 3.63) is 0 Å². The third-order valence-electron chi connectivity index (χ3n) is 1.04. The molecule has 0 aromatic heterocycles. The van der Waals surface area contributed by atoms with Gasteiger partial charge in [0.2, 0.25) is 0 Å². The quantitative estimate of drug-likeness (QED) is 0.407. The van der Waals surface area contributed by atoms with Crippen LogP contribution in [0.4, 0.5) is 8.78 Å². The fourth-order valence-electron chi connectivity index (χ4n) is 0.454. The molecule has 0 spiro atoms. The number of hydrogen-bond donors (Lipinski definition) is 4. The van der Waals surface area contributed by atoms with E-state index in [-0.39, 0.29) is 0 Å². The van der Waals surface area contributed by atoms with Gasteiger partial charge in [-0.3, -0.25) is 0 Å². The zero-order chi connectivity index (χ0) is 8.91. The standard InChI is InChI=1S/C5H11F2NO3/c6-5(7,11)3-8-4(1-9)2-10/h4,8-11H,1-3H2. The molecule has 11 heavy (non-hydrogen) atoms. The van der Waals surface area contributed by atoms with E-state index in [4.69, 9.17) is 15.3 Å². The molecule has 4 nitrogen and oxygen atoms in total. The summed E-state index contributed by atoms with van der Waals surface area (Å²) >= 11 is 0. The second-order valence-corrected chi connectivity index (χ2v) is 2.11. The molecule has 0 radical (unpaired) electrons. The molecule has 0 saturated heterocycles. The molecule has 0 atom stereocenters. The fraction of sp³-hybridized carbons (Fsp3) is 1.00. The summed E-state index contributed by atoms with van der Waals surface area (Å²) in [7, 11) is 0. The highest BCUT2D eigenvalue weighted by atomic mass is 19.3. The molecule has 0 amide bonds. The lowest BCUT2D eigenvalue weighted by atomic mass is 10.3. The molecular weight excluding hydrogens is 160 g/mol. The van der Waals surface area contributed by atoms with Crippen molar-refractivity contribution in [2.24, 2.45) is 0 Å². The summed E-state index contributed by atoms with van der Waals surface area (Å²) in [6, 6.07) is -0.812. The van der Waals surface area contributed by atoms with Gasteiger partial charge < -0.3 is 20.6 Å². The summed E-state index contributed by atoms with van der Waals surface area (Å²) < 4.78 is 23.4. The van der Waals surface area contributed by atoms with E-state index in [0.29, 0.717) is 0 Å². The Morgan fingerprint density at radius 1 is 1.27 bits per heavy atom. The van der Waals surface area contributed by atoms with E-state index in [1.54, 1.807) is 0 Å². The smallest absolute Gasteiger partial charge is 0.365 e. The molecule has 0 fully saturated rings. The van der Waals surface area contributed by atoms with Gasteiger partial charge in [0, 0.05) is 0 Å². The van der Waals surface area contributed by atoms with Gasteiger partial charge in [-0.2, -0.15) is 8.78 Å². The third-order valence-corrected chi connectivity index (χ3v) is 1.04. The lowest BCUT2D eigenvalue weighted by Crippen LogP contribution is -2.42. The van der Waals surface area contributed by atoms with E-state index in [9.17, 15) is 8.78 Å². The van der Waals surface area contributed by atoms with Gasteiger partial charge in [0.05, 0.1) is 25.8 Å². The number of alkyl halides is 2. The maximum absolute atomic E-state index is 11.7. The predicted octanol–water partition coefficient (Wildman–Crippen LogP) is -1.49. The summed E-state index contributed by atoms with van der Waals surface area (Å²) in [4.78, 5) is 0. The second-order valence-electron chi connectivity index (χ2n) is 2.11. The minimum Gasteiger partial charge on any atom is -0.395 e. The zero-order valence-corrected chi connectivity index (χ0v) is 5.80. The highest BCUT2D eigenvalue weighted by Gasteiger charge is 2.24. The minimum absolute atomic E-state index is 0.452. The Morgan fingerprint density at radius 3 is 2.00 bits per heavy atom. The van der Waals surface area contributed by atoms with Gasteiger partial charge >= 0.3 is 6.11 Å². The summed E-state index contributed by atoms with van der Waals surface area (Å²) in [6.07, 6.45) is -3.80. The summed E-state index contributed by atoms with van der Waals surface area (Å²) in [5.41, 5.74) is 0. The minimum atomic E-state index is -3.80. The molecule has 68 valence electrons. The molecule has 4 N–H and O–H groups in total. The van der Waals surface area contributed by atoms with Crippen LogP contribution < -0.4 is 5.32 Å². The molecular formula is C5H11F2NO3. The Morgan fingerprint density at radius 2 is 1.73 bits per heavy atom. The van der Waals surface area contributed by atoms with Gasteiger partial charge in [-0.15, -0.1) is 0 Å². The first kappa shape index (κ1) is 10.7. The van der Waals surface area contributed by atoms with Crippen molar-refractivity contribution in [3.8, 4) is 0 Å². The van der Waals surface area contributed by atoms with Gasteiger partial charge in [0.1, 0.15) is 0 Å². The molecule has 0 bridgehead atoms. The van der Waals surface area contributed by atoms with Gasteiger partial charge in [0.25, 0.3) is 0 Å². The van der Waals surface area contributed by atoms with Crippen LogP contribution >= 0.6 is 0 Å². The SMILES string of the molecule is OCC(CO)NCC(O)(F)F. The van der Waals surface area contributed by atoms with Crippen LogP contribution in [0.2, 0.25) is 0 Å².